The predicted molar refractivity (Wildman–Crippen MR) is 71.9 cm³/mol. The van der Waals surface area contributed by atoms with E-state index in [1.165, 1.54) is 6.33 Å². The number of halogens is 3. The van der Waals surface area contributed by atoms with Gasteiger partial charge in [-0.2, -0.15) is 0 Å². The Kier molecular flexibility index (Phi) is 3.87. The smallest absolute Gasteiger partial charge is 0.136 e. The minimum Gasteiger partial charge on any atom is -0.236 e. The standard InChI is InChI=1S/C12H9Cl3N2/c1-2-8-11(16-6-17-12(8)15)9-4-3-7(13)5-10(9)14/h3-6H,2H2,1H3. The lowest BCUT2D eigenvalue weighted by atomic mass is 10.1. The second kappa shape index (κ2) is 5.21. The Hall–Kier alpha value is -0.830. The van der Waals surface area contributed by atoms with Gasteiger partial charge in [0.05, 0.1) is 10.7 Å². The molecule has 1 aromatic carbocycles. The van der Waals surface area contributed by atoms with E-state index in [9.17, 15) is 0 Å². The van der Waals surface area contributed by atoms with Gasteiger partial charge in [-0.3, -0.25) is 0 Å². The lowest BCUT2D eigenvalue weighted by Gasteiger charge is -2.09. The fourth-order valence-corrected chi connectivity index (χ4v) is 2.38. The molecule has 1 aromatic heterocycles. The molecule has 0 bridgehead atoms. The first-order valence-corrected chi connectivity index (χ1v) is 6.21. The molecule has 0 N–H and O–H groups in total. The lowest BCUT2D eigenvalue weighted by molar-refractivity contribution is 1.05. The Morgan fingerprint density at radius 1 is 1.12 bits per heavy atom. The highest BCUT2D eigenvalue weighted by atomic mass is 35.5. The number of benzene rings is 1. The lowest BCUT2D eigenvalue weighted by Crippen LogP contribution is -1.96. The van der Waals surface area contributed by atoms with Crippen molar-refractivity contribution in [1.82, 2.24) is 9.97 Å². The SMILES string of the molecule is CCc1c(Cl)ncnc1-c1ccc(Cl)cc1Cl. The molecular formula is C12H9Cl3N2. The molecule has 0 amide bonds. The number of rotatable bonds is 2. The first-order chi connectivity index (χ1) is 8.13. The van der Waals surface area contributed by atoms with Crippen LogP contribution in [0.15, 0.2) is 24.5 Å². The van der Waals surface area contributed by atoms with E-state index in [1.807, 2.05) is 13.0 Å². The summed E-state index contributed by atoms with van der Waals surface area (Å²) >= 11 is 18.1. The second-order valence-corrected chi connectivity index (χ2v) is 4.67. The van der Waals surface area contributed by atoms with Gasteiger partial charge in [0.15, 0.2) is 0 Å². The van der Waals surface area contributed by atoms with E-state index >= 15 is 0 Å². The molecule has 17 heavy (non-hydrogen) atoms. The monoisotopic (exact) mass is 286 g/mol. The minimum absolute atomic E-state index is 0.462. The number of hydrogen-bond donors (Lipinski definition) is 0. The van der Waals surface area contributed by atoms with Crippen LogP contribution in [0.1, 0.15) is 12.5 Å². The van der Waals surface area contributed by atoms with Gasteiger partial charge < -0.3 is 0 Å². The summed E-state index contributed by atoms with van der Waals surface area (Å²) in [6.07, 6.45) is 2.18. The summed E-state index contributed by atoms with van der Waals surface area (Å²) in [5.41, 5.74) is 2.46. The van der Waals surface area contributed by atoms with Crippen LogP contribution in [0.3, 0.4) is 0 Å². The normalized spacial score (nSPS) is 10.6. The summed E-state index contributed by atoms with van der Waals surface area (Å²) in [5, 5.41) is 1.61. The van der Waals surface area contributed by atoms with E-state index in [-0.39, 0.29) is 0 Å². The number of nitrogens with zero attached hydrogens (tertiary/aromatic N) is 2. The van der Waals surface area contributed by atoms with Crippen LogP contribution in [0, 0.1) is 0 Å². The third-order valence-electron chi connectivity index (χ3n) is 2.43. The van der Waals surface area contributed by atoms with Crippen molar-refractivity contribution in [2.24, 2.45) is 0 Å². The Morgan fingerprint density at radius 2 is 1.88 bits per heavy atom. The third-order valence-corrected chi connectivity index (χ3v) is 3.31. The highest BCUT2D eigenvalue weighted by molar-refractivity contribution is 6.36. The summed E-state index contributed by atoms with van der Waals surface area (Å²) in [6, 6.07) is 5.30. The van der Waals surface area contributed by atoms with Crippen molar-refractivity contribution in [2.45, 2.75) is 13.3 Å². The molecule has 0 fully saturated rings. The van der Waals surface area contributed by atoms with Gasteiger partial charge in [0.2, 0.25) is 0 Å². The maximum absolute atomic E-state index is 6.16. The zero-order valence-electron chi connectivity index (χ0n) is 9.04. The van der Waals surface area contributed by atoms with Crippen molar-refractivity contribution in [3.63, 3.8) is 0 Å². The second-order valence-electron chi connectivity index (χ2n) is 3.47. The molecule has 0 aliphatic heterocycles. The largest absolute Gasteiger partial charge is 0.236 e. The van der Waals surface area contributed by atoms with E-state index in [4.69, 9.17) is 34.8 Å². The fraction of sp³-hybridized carbons (Fsp3) is 0.167. The van der Waals surface area contributed by atoms with Crippen LogP contribution < -0.4 is 0 Å². The molecule has 2 rings (SSSR count). The summed E-state index contributed by atoms with van der Waals surface area (Å²) in [6.45, 7) is 2.00. The topological polar surface area (TPSA) is 25.8 Å². The van der Waals surface area contributed by atoms with Gasteiger partial charge in [0, 0.05) is 16.1 Å². The van der Waals surface area contributed by atoms with Gasteiger partial charge in [-0.05, 0) is 24.6 Å². The summed E-state index contributed by atoms with van der Waals surface area (Å²) in [7, 11) is 0. The van der Waals surface area contributed by atoms with Gasteiger partial charge in [-0.1, -0.05) is 41.7 Å². The Balaban J connectivity index is 2.64. The summed E-state index contributed by atoms with van der Waals surface area (Å²) < 4.78 is 0. The summed E-state index contributed by atoms with van der Waals surface area (Å²) in [5.74, 6) is 0. The average molecular weight is 288 g/mol. The maximum atomic E-state index is 6.16. The predicted octanol–water partition coefficient (Wildman–Crippen LogP) is 4.67. The van der Waals surface area contributed by atoms with E-state index in [2.05, 4.69) is 9.97 Å². The van der Waals surface area contributed by atoms with E-state index < -0.39 is 0 Å². The third kappa shape index (κ3) is 2.54. The van der Waals surface area contributed by atoms with Crippen LogP contribution >= 0.6 is 34.8 Å². The molecule has 0 atom stereocenters. The van der Waals surface area contributed by atoms with Crippen LogP contribution in [-0.4, -0.2) is 9.97 Å². The first-order valence-electron chi connectivity index (χ1n) is 5.08. The van der Waals surface area contributed by atoms with Crippen LogP contribution in [0.5, 0.6) is 0 Å². The molecule has 5 heteroatoms. The van der Waals surface area contributed by atoms with Gasteiger partial charge >= 0.3 is 0 Å². The van der Waals surface area contributed by atoms with Crippen LogP contribution in [0.25, 0.3) is 11.3 Å². The van der Waals surface area contributed by atoms with Crippen molar-refractivity contribution in [3.8, 4) is 11.3 Å². The molecule has 0 saturated carbocycles. The fourth-order valence-electron chi connectivity index (χ4n) is 1.62. The van der Waals surface area contributed by atoms with Crippen molar-refractivity contribution in [1.29, 1.82) is 0 Å². The molecular weight excluding hydrogens is 279 g/mol. The molecule has 0 unspecified atom stereocenters. The van der Waals surface area contributed by atoms with Crippen LogP contribution in [-0.2, 0) is 6.42 Å². The van der Waals surface area contributed by atoms with E-state index in [0.717, 1.165) is 23.2 Å². The van der Waals surface area contributed by atoms with Crippen molar-refractivity contribution >= 4 is 34.8 Å². The average Bonchev–Trinajstić information content (AvgIpc) is 2.29. The Bertz CT molecular complexity index is 555. The molecule has 2 nitrogen and oxygen atoms in total. The maximum Gasteiger partial charge on any atom is 0.136 e. The zero-order chi connectivity index (χ0) is 12.4. The van der Waals surface area contributed by atoms with Gasteiger partial charge in [-0.25, -0.2) is 9.97 Å². The molecule has 0 aliphatic rings. The molecule has 88 valence electrons. The summed E-state index contributed by atoms with van der Waals surface area (Å²) in [4.78, 5) is 8.22. The number of hydrogen-bond acceptors (Lipinski definition) is 2. The van der Waals surface area contributed by atoms with Crippen LogP contribution in [0.2, 0.25) is 15.2 Å². The molecule has 0 radical (unpaired) electrons. The molecule has 2 aromatic rings. The quantitative estimate of drug-likeness (QED) is 0.750. The van der Waals surface area contributed by atoms with Crippen molar-refractivity contribution in [2.75, 3.05) is 0 Å². The van der Waals surface area contributed by atoms with E-state index in [1.54, 1.807) is 12.1 Å². The molecule has 1 heterocycles. The van der Waals surface area contributed by atoms with Gasteiger partial charge in [0.1, 0.15) is 11.5 Å². The highest BCUT2D eigenvalue weighted by Crippen LogP contribution is 2.32. The van der Waals surface area contributed by atoms with Crippen molar-refractivity contribution < 1.29 is 0 Å². The number of aromatic nitrogens is 2. The first kappa shape index (κ1) is 12.6. The van der Waals surface area contributed by atoms with Gasteiger partial charge in [0.25, 0.3) is 0 Å². The molecule has 0 aliphatic carbocycles. The van der Waals surface area contributed by atoms with E-state index in [0.29, 0.717) is 15.2 Å². The molecule has 0 spiro atoms. The molecule has 0 saturated heterocycles. The Morgan fingerprint density at radius 3 is 2.53 bits per heavy atom. The highest BCUT2D eigenvalue weighted by Gasteiger charge is 2.13. The minimum atomic E-state index is 0.462. The van der Waals surface area contributed by atoms with Crippen LogP contribution in [0.4, 0.5) is 0 Å². The zero-order valence-corrected chi connectivity index (χ0v) is 11.3. The van der Waals surface area contributed by atoms with Gasteiger partial charge in [-0.15, -0.1) is 0 Å². The van der Waals surface area contributed by atoms with Crippen molar-refractivity contribution in [3.05, 3.63) is 45.3 Å². The Labute approximate surface area is 115 Å².